The summed E-state index contributed by atoms with van der Waals surface area (Å²) in [7, 11) is 0. The fourth-order valence-electron chi connectivity index (χ4n) is 5.73. The minimum Gasteiger partial charge on any atom is -0.390 e. The van der Waals surface area contributed by atoms with E-state index in [0.29, 0.717) is 12.1 Å². The van der Waals surface area contributed by atoms with Crippen LogP contribution in [0.4, 0.5) is 0 Å². The molecule has 0 unspecified atom stereocenters. The van der Waals surface area contributed by atoms with Gasteiger partial charge in [-0.15, -0.1) is 0 Å². The zero-order valence-corrected chi connectivity index (χ0v) is 25.4. The van der Waals surface area contributed by atoms with Crippen molar-refractivity contribution in [1.82, 2.24) is 15.3 Å². The van der Waals surface area contributed by atoms with Crippen molar-refractivity contribution in [3.8, 4) is 0 Å². The van der Waals surface area contributed by atoms with Crippen molar-refractivity contribution >= 4 is 5.91 Å². The topological polar surface area (TPSA) is 105 Å². The van der Waals surface area contributed by atoms with Gasteiger partial charge in [0, 0.05) is 18.9 Å². The molecule has 1 aromatic rings. The van der Waals surface area contributed by atoms with E-state index in [4.69, 9.17) is 4.74 Å². The summed E-state index contributed by atoms with van der Waals surface area (Å²) in [5.41, 5.74) is 0.504. The van der Waals surface area contributed by atoms with Gasteiger partial charge in [0.05, 0.1) is 30.0 Å². The lowest BCUT2D eigenvalue weighted by atomic mass is 10.00. The van der Waals surface area contributed by atoms with Crippen molar-refractivity contribution in [2.75, 3.05) is 6.54 Å². The number of hydrogen-bond acceptors (Lipinski definition) is 6. The number of nitrogens with zero attached hydrogens (tertiary/aromatic N) is 2. The zero-order chi connectivity index (χ0) is 28.7. The second-order valence-electron chi connectivity index (χ2n) is 11.9. The number of carbonyl (C=O) groups excluding carboxylic acids is 1. The molecule has 4 atom stereocenters. The normalized spacial score (nSPS) is 18.6. The van der Waals surface area contributed by atoms with Gasteiger partial charge >= 0.3 is 0 Å². The Morgan fingerprint density at radius 1 is 0.750 bits per heavy atom. The van der Waals surface area contributed by atoms with Crippen LogP contribution in [0.2, 0.25) is 0 Å². The van der Waals surface area contributed by atoms with Crippen LogP contribution in [0.15, 0.2) is 18.7 Å². The summed E-state index contributed by atoms with van der Waals surface area (Å²) in [4.78, 5) is 19.7. The lowest BCUT2D eigenvalue weighted by molar-refractivity contribution is -0.0786. The molecule has 2 heterocycles. The van der Waals surface area contributed by atoms with E-state index in [9.17, 15) is 15.0 Å². The summed E-state index contributed by atoms with van der Waals surface area (Å²) in [6.45, 7) is 2.95. The Labute approximate surface area is 244 Å². The van der Waals surface area contributed by atoms with Gasteiger partial charge in [0.15, 0.2) is 0 Å². The number of hydrogen-bond donors (Lipinski definition) is 3. The van der Waals surface area contributed by atoms with Crippen molar-refractivity contribution in [2.24, 2.45) is 0 Å². The molecule has 40 heavy (non-hydrogen) atoms. The van der Waals surface area contributed by atoms with Crippen LogP contribution in [0.1, 0.15) is 159 Å². The molecule has 0 aliphatic carbocycles. The third-order valence-electron chi connectivity index (χ3n) is 8.33. The maximum Gasteiger partial charge on any atom is 0.254 e. The van der Waals surface area contributed by atoms with E-state index in [1.165, 1.54) is 102 Å². The quantitative estimate of drug-likeness (QED) is 0.108. The van der Waals surface area contributed by atoms with Crippen molar-refractivity contribution < 1.29 is 19.7 Å². The Balaban J connectivity index is 1.36. The first-order valence-electron chi connectivity index (χ1n) is 16.7. The molecule has 1 saturated heterocycles. The van der Waals surface area contributed by atoms with Crippen LogP contribution in [-0.4, -0.2) is 57.0 Å². The number of aromatic nitrogens is 2. The standard InChI is InChI=1S/C33H59N3O4/c1-2-3-4-5-6-7-8-11-14-17-20-29(37)31-22-23-32(40-31)30(38)21-18-15-12-9-10-13-16-19-24-36-33(39)28-25-34-27-35-26-28/h25-27,29-32,37-38H,2-24H2,1H3,(H,36,39)/t29-,30-,31-,32-/m1/s1. The number of aliphatic hydroxyl groups excluding tert-OH is 2. The second-order valence-corrected chi connectivity index (χ2v) is 11.9. The Kier molecular flexibility index (Phi) is 19.9. The molecule has 1 aromatic heterocycles. The fourth-order valence-corrected chi connectivity index (χ4v) is 5.73. The summed E-state index contributed by atoms with van der Waals surface area (Å²) in [5.74, 6) is -0.109. The Morgan fingerprint density at radius 3 is 1.65 bits per heavy atom. The predicted molar refractivity (Wildman–Crippen MR) is 162 cm³/mol. The van der Waals surface area contributed by atoms with Crippen LogP contribution in [0, 0.1) is 0 Å². The highest BCUT2D eigenvalue weighted by atomic mass is 16.5. The molecule has 1 aliphatic rings. The zero-order valence-electron chi connectivity index (χ0n) is 25.4. The molecule has 1 fully saturated rings. The van der Waals surface area contributed by atoms with E-state index in [0.717, 1.165) is 57.8 Å². The van der Waals surface area contributed by atoms with Crippen molar-refractivity contribution in [1.29, 1.82) is 0 Å². The molecular formula is C33H59N3O4. The summed E-state index contributed by atoms with van der Waals surface area (Å²) >= 11 is 0. The van der Waals surface area contributed by atoms with Crippen LogP contribution in [-0.2, 0) is 4.74 Å². The van der Waals surface area contributed by atoms with Gasteiger partial charge in [-0.05, 0) is 32.1 Å². The number of amides is 1. The predicted octanol–water partition coefficient (Wildman–Crippen LogP) is 7.30. The van der Waals surface area contributed by atoms with Crippen molar-refractivity contribution in [2.45, 2.75) is 173 Å². The fraction of sp³-hybridized carbons (Fsp3) is 0.848. The number of unbranched alkanes of at least 4 members (excludes halogenated alkanes) is 16. The number of ether oxygens (including phenoxy) is 1. The Bertz CT molecular complexity index is 736. The first-order valence-corrected chi connectivity index (χ1v) is 16.7. The van der Waals surface area contributed by atoms with Gasteiger partial charge in [-0.3, -0.25) is 4.79 Å². The van der Waals surface area contributed by atoms with E-state index < -0.39 is 6.10 Å². The SMILES string of the molecule is CCCCCCCCCCCC[C@@H](O)[C@H]1CC[C@H]([C@H](O)CCCCCCCCCCNC(=O)c2cncnc2)O1. The minimum atomic E-state index is -0.410. The lowest BCUT2D eigenvalue weighted by Gasteiger charge is -2.22. The highest BCUT2D eigenvalue weighted by Crippen LogP contribution is 2.28. The molecule has 2 rings (SSSR count). The highest BCUT2D eigenvalue weighted by molar-refractivity contribution is 5.93. The number of rotatable bonds is 25. The van der Waals surface area contributed by atoms with Crippen LogP contribution >= 0.6 is 0 Å². The van der Waals surface area contributed by atoms with E-state index in [2.05, 4.69) is 22.2 Å². The molecule has 1 amide bonds. The summed E-state index contributed by atoms with van der Waals surface area (Å²) in [5, 5.41) is 24.1. The molecule has 7 nitrogen and oxygen atoms in total. The lowest BCUT2D eigenvalue weighted by Crippen LogP contribution is -2.31. The summed E-state index contributed by atoms with van der Waals surface area (Å²) < 4.78 is 6.08. The first kappa shape index (κ1) is 34.6. The summed E-state index contributed by atoms with van der Waals surface area (Å²) in [6, 6.07) is 0. The molecule has 0 radical (unpaired) electrons. The second kappa shape index (κ2) is 23.0. The molecule has 7 heteroatoms. The van der Waals surface area contributed by atoms with Crippen LogP contribution in [0.3, 0.4) is 0 Å². The Hall–Kier alpha value is -1.57. The third-order valence-corrected chi connectivity index (χ3v) is 8.33. The van der Waals surface area contributed by atoms with Gasteiger partial charge in [-0.25, -0.2) is 9.97 Å². The monoisotopic (exact) mass is 561 g/mol. The largest absolute Gasteiger partial charge is 0.390 e. The maximum absolute atomic E-state index is 11.9. The van der Waals surface area contributed by atoms with Gasteiger partial charge in [-0.1, -0.05) is 116 Å². The van der Waals surface area contributed by atoms with Gasteiger partial charge in [-0.2, -0.15) is 0 Å². The third kappa shape index (κ3) is 16.0. The molecule has 3 N–H and O–H groups in total. The number of nitrogens with one attached hydrogen (secondary N) is 1. The molecular weight excluding hydrogens is 502 g/mol. The Morgan fingerprint density at radius 2 is 1.18 bits per heavy atom. The number of carbonyl (C=O) groups is 1. The molecule has 0 spiro atoms. The van der Waals surface area contributed by atoms with E-state index in [-0.39, 0.29) is 24.2 Å². The molecule has 1 aliphatic heterocycles. The highest BCUT2D eigenvalue weighted by Gasteiger charge is 2.33. The van der Waals surface area contributed by atoms with E-state index in [1.54, 1.807) is 0 Å². The molecule has 0 saturated carbocycles. The molecule has 0 bridgehead atoms. The van der Waals surface area contributed by atoms with E-state index in [1.807, 2.05) is 0 Å². The smallest absolute Gasteiger partial charge is 0.254 e. The van der Waals surface area contributed by atoms with Gasteiger partial charge in [0.2, 0.25) is 0 Å². The minimum absolute atomic E-state index is 0.0982. The van der Waals surface area contributed by atoms with Gasteiger partial charge in [0.25, 0.3) is 5.91 Å². The summed E-state index contributed by atoms with van der Waals surface area (Å²) in [6.07, 6.45) is 29.0. The van der Waals surface area contributed by atoms with Gasteiger partial charge in [0.1, 0.15) is 6.33 Å². The van der Waals surface area contributed by atoms with Crippen LogP contribution in [0.5, 0.6) is 0 Å². The van der Waals surface area contributed by atoms with Crippen molar-refractivity contribution in [3.05, 3.63) is 24.3 Å². The molecule has 230 valence electrons. The number of aliphatic hydroxyl groups is 2. The molecule has 0 aromatic carbocycles. The average molecular weight is 562 g/mol. The first-order chi connectivity index (χ1) is 19.6. The van der Waals surface area contributed by atoms with Crippen molar-refractivity contribution in [3.63, 3.8) is 0 Å². The maximum atomic E-state index is 11.9. The van der Waals surface area contributed by atoms with Gasteiger partial charge < -0.3 is 20.3 Å². The van der Waals surface area contributed by atoms with E-state index >= 15 is 0 Å². The average Bonchev–Trinajstić information content (AvgIpc) is 3.48. The van der Waals surface area contributed by atoms with Crippen LogP contribution in [0.25, 0.3) is 0 Å². The van der Waals surface area contributed by atoms with Crippen LogP contribution < -0.4 is 5.32 Å².